The monoisotopic (exact) mass is 332 g/mol. The van der Waals surface area contributed by atoms with Gasteiger partial charge in [-0.3, -0.25) is 0 Å². The molecule has 0 saturated heterocycles. The summed E-state index contributed by atoms with van der Waals surface area (Å²) in [5, 5.41) is 0.968. The summed E-state index contributed by atoms with van der Waals surface area (Å²) < 4.78 is 5.85. The molecule has 20 heavy (non-hydrogen) atoms. The summed E-state index contributed by atoms with van der Waals surface area (Å²) in [4.78, 5) is 0. The highest BCUT2D eigenvalue weighted by Gasteiger charge is 2.10. The molecule has 2 aromatic carbocycles. The van der Waals surface area contributed by atoms with E-state index in [0.29, 0.717) is 12.5 Å². The maximum absolute atomic E-state index is 5.85. The summed E-state index contributed by atoms with van der Waals surface area (Å²) in [6.07, 6.45) is 1.06. The third-order valence-electron chi connectivity index (χ3n) is 3.45. The van der Waals surface area contributed by atoms with Crippen LogP contribution in [0, 0.1) is 12.8 Å². The van der Waals surface area contributed by atoms with Crippen molar-refractivity contribution < 1.29 is 4.74 Å². The quantitative estimate of drug-likeness (QED) is 0.664. The number of aryl methyl sites for hydroxylation is 1. The molecule has 0 aliphatic carbocycles. The Hall–Kier alpha value is -1.12. The molecule has 0 N–H and O–H groups in total. The van der Waals surface area contributed by atoms with Crippen molar-refractivity contribution >= 4 is 15.9 Å². The molecule has 0 bridgehead atoms. The fraction of sp³-hybridized carbons (Fsp3) is 0.333. The minimum absolute atomic E-state index is 0.514. The lowest BCUT2D eigenvalue weighted by atomic mass is 9.98. The molecule has 106 valence electrons. The summed E-state index contributed by atoms with van der Waals surface area (Å²) in [6.45, 7) is 3.65. The lowest BCUT2D eigenvalue weighted by molar-refractivity contribution is 0.0937. The van der Waals surface area contributed by atoms with Crippen LogP contribution in [0.4, 0.5) is 0 Å². The van der Waals surface area contributed by atoms with Gasteiger partial charge < -0.3 is 4.74 Å². The number of hydrogen-bond acceptors (Lipinski definition) is 1. The smallest absolute Gasteiger partial charge is 0.0717 e. The summed E-state index contributed by atoms with van der Waals surface area (Å²) in [6, 6.07) is 18.9. The van der Waals surface area contributed by atoms with Crippen LogP contribution in [-0.4, -0.2) is 11.9 Å². The van der Waals surface area contributed by atoms with Crippen LogP contribution in [0.1, 0.15) is 16.7 Å². The number of ether oxygens (including phenoxy) is 1. The molecule has 0 aromatic heterocycles. The Balaban J connectivity index is 1.82. The van der Waals surface area contributed by atoms with Crippen molar-refractivity contribution in [1.82, 2.24) is 0 Å². The average molecular weight is 333 g/mol. The van der Waals surface area contributed by atoms with Crippen molar-refractivity contribution in [1.29, 1.82) is 0 Å². The highest BCUT2D eigenvalue weighted by molar-refractivity contribution is 9.09. The van der Waals surface area contributed by atoms with Crippen LogP contribution < -0.4 is 0 Å². The van der Waals surface area contributed by atoms with Crippen LogP contribution in [0.5, 0.6) is 0 Å². The molecule has 0 aliphatic heterocycles. The second kappa shape index (κ2) is 8.23. The Kier molecular flexibility index (Phi) is 6.28. The number of hydrogen-bond donors (Lipinski definition) is 0. The van der Waals surface area contributed by atoms with Crippen molar-refractivity contribution in [2.75, 3.05) is 11.9 Å². The van der Waals surface area contributed by atoms with Gasteiger partial charge in [-0.1, -0.05) is 70.5 Å². The first-order valence-electron chi connectivity index (χ1n) is 7.01. The fourth-order valence-electron chi connectivity index (χ4n) is 2.23. The van der Waals surface area contributed by atoms with Gasteiger partial charge in [-0.2, -0.15) is 0 Å². The molecule has 2 rings (SSSR count). The van der Waals surface area contributed by atoms with E-state index in [-0.39, 0.29) is 0 Å². The molecule has 2 heteroatoms. The number of rotatable bonds is 7. The summed E-state index contributed by atoms with van der Waals surface area (Å²) >= 11 is 3.60. The predicted octanol–water partition coefficient (Wildman–Crippen LogP) is 4.77. The van der Waals surface area contributed by atoms with Gasteiger partial charge in [-0.25, -0.2) is 0 Å². The first-order chi connectivity index (χ1) is 9.79. The van der Waals surface area contributed by atoms with E-state index in [2.05, 4.69) is 59.3 Å². The first kappa shape index (κ1) is 15.3. The molecule has 2 aromatic rings. The summed E-state index contributed by atoms with van der Waals surface area (Å²) in [7, 11) is 0. The molecular weight excluding hydrogens is 312 g/mol. The van der Waals surface area contributed by atoms with Gasteiger partial charge in [0.2, 0.25) is 0 Å². The second-order valence-corrected chi connectivity index (χ2v) is 5.80. The van der Waals surface area contributed by atoms with Crippen LogP contribution in [0.2, 0.25) is 0 Å². The van der Waals surface area contributed by atoms with E-state index in [4.69, 9.17) is 4.74 Å². The topological polar surface area (TPSA) is 9.23 Å². The molecule has 0 saturated carbocycles. The third-order valence-corrected chi connectivity index (χ3v) is 4.37. The van der Waals surface area contributed by atoms with Crippen molar-refractivity contribution in [3.05, 3.63) is 71.3 Å². The minimum atomic E-state index is 0.514. The Morgan fingerprint density at radius 1 is 1.00 bits per heavy atom. The number of alkyl halides is 1. The molecule has 0 heterocycles. The summed E-state index contributed by atoms with van der Waals surface area (Å²) in [5.41, 5.74) is 4.01. The lowest BCUT2D eigenvalue weighted by Gasteiger charge is -2.16. The fourth-order valence-corrected chi connectivity index (χ4v) is 2.64. The predicted molar refractivity (Wildman–Crippen MR) is 88.3 cm³/mol. The molecule has 1 unspecified atom stereocenters. The third kappa shape index (κ3) is 4.77. The van der Waals surface area contributed by atoms with Crippen molar-refractivity contribution in [2.24, 2.45) is 5.92 Å². The second-order valence-electron chi connectivity index (χ2n) is 5.15. The van der Waals surface area contributed by atoms with E-state index in [1.54, 1.807) is 0 Å². The van der Waals surface area contributed by atoms with Crippen LogP contribution in [0.3, 0.4) is 0 Å². The Morgan fingerprint density at radius 3 is 2.40 bits per heavy atom. The van der Waals surface area contributed by atoms with Gasteiger partial charge in [0, 0.05) is 5.33 Å². The summed E-state index contributed by atoms with van der Waals surface area (Å²) in [5.74, 6) is 0.514. The molecule has 0 amide bonds. The highest BCUT2D eigenvalue weighted by Crippen LogP contribution is 2.16. The largest absolute Gasteiger partial charge is 0.376 e. The normalized spacial score (nSPS) is 12.3. The van der Waals surface area contributed by atoms with Gasteiger partial charge in [0.15, 0.2) is 0 Å². The zero-order chi connectivity index (χ0) is 14.2. The lowest BCUT2D eigenvalue weighted by Crippen LogP contribution is -2.14. The zero-order valence-electron chi connectivity index (χ0n) is 11.9. The van der Waals surface area contributed by atoms with E-state index < -0.39 is 0 Å². The van der Waals surface area contributed by atoms with Crippen molar-refractivity contribution in [2.45, 2.75) is 20.0 Å². The number of halogens is 1. The van der Waals surface area contributed by atoms with Crippen molar-refractivity contribution in [3.63, 3.8) is 0 Å². The van der Waals surface area contributed by atoms with E-state index in [1.807, 2.05) is 18.2 Å². The van der Waals surface area contributed by atoms with Gasteiger partial charge >= 0.3 is 0 Å². The van der Waals surface area contributed by atoms with Gasteiger partial charge in [0.25, 0.3) is 0 Å². The van der Waals surface area contributed by atoms with E-state index >= 15 is 0 Å². The Bertz CT molecular complexity index is 510. The van der Waals surface area contributed by atoms with Gasteiger partial charge in [0.1, 0.15) is 0 Å². The van der Waals surface area contributed by atoms with E-state index in [0.717, 1.165) is 18.4 Å². The SMILES string of the molecule is Cc1ccccc1CC(CBr)COCc1ccccc1. The first-order valence-corrected chi connectivity index (χ1v) is 8.14. The van der Waals surface area contributed by atoms with Gasteiger partial charge in [-0.05, 0) is 36.0 Å². The van der Waals surface area contributed by atoms with Crippen LogP contribution >= 0.6 is 15.9 Å². The van der Waals surface area contributed by atoms with Crippen LogP contribution in [0.15, 0.2) is 54.6 Å². The Labute approximate surface area is 130 Å². The highest BCUT2D eigenvalue weighted by atomic mass is 79.9. The average Bonchev–Trinajstić information content (AvgIpc) is 2.49. The van der Waals surface area contributed by atoms with Crippen molar-refractivity contribution in [3.8, 4) is 0 Å². The van der Waals surface area contributed by atoms with Gasteiger partial charge in [0.05, 0.1) is 13.2 Å². The van der Waals surface area contributed by atoms with Crippen LogP contribution in [-0.2, 0) is 17.8 Å². The molecule has 0 fully saturated rings. The molecule has 1 atom stereocenters. The number of benzene rings is 2. The molecule has 0 radical (unpaired) electrons. The Morgan fingerprint density at radius 2 is 1.70 bits per heavy atom. The molecule has 1 nitrogen and oxygen atoms in total. The maximum atomic E-state index is 5.85. The molecular formula is C18H21BrO. The molecule has 0 aliphatic rings. The molecule has 0 spiro atoms. The standard InChI is InChI=1S/C18H21BrO/c1-15-7-5-6-10-18(15)11-17(12-19)14-20-13-16-8-3-2-4-9-16/h2-10,17H,11-14H2,1H3. The van der Waals surface area contributed by atoms with Gasteiger partial charge in [-0.15, -0.1) is 0 Å². The maximum Gasteiger partial charge on any atom is 0.0717 e. The van der Waals surface area contributed by atoms with E-state index in [9.17, 15) is 0 Å². The van der Waals surface area contributed by atoms with E-state index in [1.165, 1.54) is 16.7 Å². The zero-order valence-corrected chi connectivity index (χ0v) is 13.5. The van der Waals surface area contributed by atoms with Crippen LogP contribution in [0.25, 0.3) is 0 Å². The minimum Gasteiger partial charge on any atom is -0.376 e.